The Kier molecular flexibility index (Phi) is 8.44. The fraction of sp³-hybridized carbons (Fsp3) is 0.258. The van der Waals surface area contributed by atoms with Gasteiger partial charge in [-0.15, -0.1) is 0 Å². The lowest BCUT2D eigenvalue weighted by molar-refractivity contribution is -0.132. The van der Waals surface area contributed by atoms with Gasteiger partial charge >= 0.3 is 6.03 Å². The molecule has 0 saturated carbocycles. The molecule has 2 N–H and O–H groups in total. The second-order valence-corrected chi connectivity index (χ2v) is 9.75. The molecule has 0 aliphatic carbocycles. The third-order valence-electron chi connectivity index (χ3n) is 6.63. The van der Waals surface area contributed by atoms with Gasteiger partial charge in [0.05, 0.1) is 11.6 Å². The normalized spacial score (nSPS) is 10.8. The number of aromatic nitrogens is 1. The van der Waals surface area contributed by atoms with Gasteiger partial charge in [0.2, 0.25) is 5.91 Å². The first kappa shape index (κ1) is 26.5. The first-order valence-electron chi connectivity index (χ1n) is 12.8. The topological polar surface area (TPSA) is 92.2 Å². The smallest absolute Gasteiger partial charge is 0.322 e. The van der Waals surface area contributed by atoms with Crippen LogP contribution in [0.5, 0.6) is 0 Å². The van der Waals surface area contributed by atoms with Crippen molar-refractivity contribution in [2.75, 3.05) is 18.4 Å². The van der Waals surface area contributed by atoms with E-state index in [1.165, 1.54) is 4.90 Å². The second kappa shape index (κ2) is 12.1. The van der Waals surface area contributed by atoms with Crippen LogP contribution in [0.15, 0.2) is 79.0 Å². The Balaban J connectivity index is 1.50. The highest BCUT2D eigenvalue weighted by Crippen LogP contribution is 2.19. The van der Waals surface area contributed by atoms with Gasteiger partial charge in [0, 0.05) is 41.9 Å². The molecule has 3 amide bonds. The second-order valence-electron chi connectivity index (χ2n) is 9.75. The van der Waals surface area contributed by atoms with Crippen molar-refractivity contribution < 1.29 is 9.59 Å². The van der Waals surface area contributed by atoms with E-state index in [-0.39, 0.29) is 24.5 Å². The van der Waals surface area contributed by atoms with Crippen LogP contribution in [0, 0.1) is 18.3 Å². The molecule has 0 aliphatic rings. The summed E-state index contributed by atoms with van der Waals surface area (Å²) < 4.78 is 0. The molecule has 194 valence electrons. The number of carbonyl (C=O) groups excluding carboxylic acids is 2. The number of hydrogen-bond acceptors (Lipinski definition) is 3. The number of nitrogens with one attached hydrogen (secondary N) is 2. The van der Waals surface area contributed by atoms with Gasteiger partial charge in [-0.3, -0.25) is 4.79 Å². The molecule has 1 heterocycles. The monoisotopic (exact) mass is 507 g/mol. The summed E-state index contributed by atoms with van der Waals surface area (Å²) >= 11 is 0. The molecular formula is C31H33N5O2. The van der Waals surface area contributed by atoms with Gasteiger partial charge in [-0.25, -0.2) is 4.79 Å². The number of benzene rings is 3. The Morgan fingerprint density at radius 1 is 1.00 bits per heavy atom. The van der Waals surface area contributed by atoms with Crippen molar-refractivity contribution in [2.24, 2.45) is 0 Å². The maximum absolute atomic E-state index is 13.7. The van der Waals surface area contributed by atoms with Crippen LogP contribution in [-0.4, -0.2) is 45.9 Å². The maximum Gasteiger partial charge on any atom is 0.322 e. The number of nitrogens with zero attached hydrogens (tertiary/aromatic N) is 3. The molecule has 1 aromatic heterocycles. The lowest BCUT2D eigenvalue weighted by Gasteiger charge is -2.30. The van der Waals surface area contributed by atoms with Crippen molar-refractivity contribution in [3.8, 4) is 6.07 Å². The third kappa shape index (κ3) is 6.60. The standard InChI is InChI=1S/C31H33N5O2/c1-22(2)36(31(38)34-27-14-12-24(18-32)13-15-27)21-30(37)35(20-25-10-8-23(3)9-11-25)17-16-26-19-33-29-7-5-4-6-28(26)29/h4-15,19,22,33H,16-17,20-21H2,1-3H3,(H,34,38). The number of urea groups is 1. The van der Waals surface area contributed by atoms with Crippen LogP contribution >= 0.6 is 0 Å². The molecule has 38 heavy (non-hydrogen) atoms. The number of anilines is 1. The Morgan fingerprint density at radius 2 is 1.71 bits per heavy atom. The van der Waals surface area contributed by atoms with Gasteiger partial charge in [-0.05, 0) is 68.7 Å². The first-order valence-corrected chi connectivity index (χ1v) is 12.8. The summed E-state index contributed by atoms with van der Waals surface area (Å²) in [4.78, 5) is 33.5. The van der Waals surface area contributed by atoms with E-state index < -0.39 is 0 Å². The highest BCUT2D eigenvalue weighted by molar-refractivity contribution is 5.92. The average molecular weight is 508 g/mol. The molecule has 0 spiro atoms. The third-order valence-corrected chi connectivity index (χ3v) is 6.63. The molecule has 7 heteroatoms. The van der Waals surface area contributed by atoms with Crippen molar-refractivity contribution >= 4 is 28.5 Å². The van der Waals surface area contributed by atoms with Crippen LogP contribution in [-0.2, 0) is 17.8 Å². The largest absolute Gasteiger partial charge is 0.361 e. The minimum atomic E-state index is -0.357. The van der Waals surface area contributed by atoms with E-state index in [2.05, 4.69) is 22.4 Å². The Labute approximate surface area is 223 Å². The van der Waals surface area contributed by atoms with Crippen molar-refractivity contribution in [3.05, 3.63) is 101 Å². The van der Waals surface area contributed by atoms with E-state index in [1.807, 2.05) is 74.3 Å². The van der Waals surface area contributed by atoms with Gasteiger partial charge < -0.3 is 20.1 Å². The van der Waals surface area contributed by atoms with Gasteiger partial charge in [-0.1, -0.05) is 48.0 Å². The molecule has 4 aromatic rings. The molecule has 0 fully saturated rings. The predicted molar refractivity (Wildman–Crippen MR) is 151 cm³/mol. The number of carbonyl (C=O) groups is 2. The summed E-state index contributed by atoms with van der Waals surface area (Å²) in [5.74, 6) is -0.117. The SMILES string of the molecule is Cc1ccc(CN(CCc2c[nH]c3ccccc23)C(=O)CN(C(=O)Nc2ccc(C#N)cc2)C(C)C)cc1. The van der Waals surface area contributed by atoms with E-state index in [4.69, 9.17) is 5.26 Å². The average Bonchev–Trinajstić information content (AvgIpc) is 3.34. The number of H-pyrrole nitrogens is 1. The lowest BCUT2D eigenvalue weighted by Crippen LogP contribution is -2.47. The van der Waals surface area contributed by atoms with Crippen LogP contribution in [0.2, 0.25) is 0 Å². The molecule has 0 saturated heterocycles. The minimum Gasteiger partial charge on any atom is -0.361 e. The van der Waals surface area contributed by atoms with Crippen LogP contribution < -0.4 is 5.32 Å². The van der Waals surface area contributed by atoms with Crippen molar-refractivity contribution in [3.63, 3.8) is 0 Å². The van der Waals surface area contributed by atoms with Crippen molar-refractivity contribution in [2.45, 2.75) is 39.8 Å². The highest BCUT2D eigenvalue weighted by Gasteiger charge is 2.24. The van der Waals surface area contributed by atoms with Crippen LogP contribution in [0.3, 0.4) is 0 Å². The zero-order valence-corrected chi connectivity index (χ0v) is 22.1. The maximum atomic E-state index is 13.7. The van der Waals surface area contributed by atoms with Gasteiger partial charge in [0.1, 0.15) is 6.54 Å². The summed E-state index contributed by atoms with van der Waals surface area (Å²) in [5.41, 5.74) is 5.52. The highest BCUT2D eigenvalue weighted by atomic mass is 16.2. The predicted octanol–water partition coefficient (Wildman–Crippen LogP) is 5.86. The summed E-state index contributed by atoms with van der Waals surface area (Å²) in [6.07, 6.45) is 2.70. The lowest BCUT2D eigenvalue weighted by atomic mass is 10.1. The fourth-order valence-corrected chi connectivity index (χ4v) is 4.36. The van der Waals surface area contributed by atoms with Crippen molar-refractivity contribution in [1.82, 2.24) is 14.8 Å². The first-order chi connectivity index (χ1) is 18.3. The van der Waals surface area contributed by atoms with Crippen LogP contribution in [0.25, 0.3) is 10.9 Å². The number of nitriles is 1. The number of rotatable bonds is 9. The van der Waals surface area contributed by atoms with E-state index in [0.29, 0.717) is 30.8 Å². The number of aromatic amines is 1. The number of aryl methyl sites for hydroxylation is 1. The molecule has 3 aromatic carbocycles. The molecule has 0 radical (unpaired) electrons. The summed E-state index contributed by atoms with van der Waals surface area (Å²) in [6.45, 7) is 6.77. The Bertz CT molecular complexity index is 1430. The quantitative estimate of drug-likeness (QED) is 0.297. The van der Waals surface area contributed by atoms with Crippen molar-refractivity contribution in [1.29, 1.82) is 5.26 Å². The number of amides is 3. The Hall–Kier alpha value is -4.57. The van der Waals surface area contributed by atoms with Crippen LogP contribution in [0.1, 0.15) is 36.1 Å². The van der Waals surface area contributed by atoms with E-state index in [0.717, 1.165) is 27.6 Å². The number of hydrogen-bond donors (Lipinski definition) is 2. The zero-order valence-electron chi connectivity index (χ0n) is 22.1. The number of para-hydroxylation sites is 1. The molecule has 0 bridgehead atoms. The molecule has 7 nitrogen and oxygen atoms in total. The molecular weight excluding hydrogens is 474 g/mol. The van der Waals surface area contributed by atoms with E-state index in [9.17, 15) is 9.59 Å². The summed E-state index contributed by atoms with van der Waals surface area (Å²) in [5, 5.41) is 13.0. The van der Waals surface area contributed by atoms with Gasteiger partial charge in [0.25, 0.3) is 0 Å². The van der Waals surface area contributed by atoms with Gasteiger partial charge in [-0.2, -0.15) is 5.26 Å². The van der Waals surface area contributed by atoms with E-state index >= 15 is 0 Å². The zero-order chi connectivity index (χ0) is 27.1. The molecule has 0 unspecified atom stereocenters. The number of fused-ring (bicyclic) bond motifs is 1. The van der Waals surface area contributed by atoms with Gasteiger partial charge in [0.15, 0.2) is 0 Å². The molecule has 4 rings (SSSR count). The summed E-state index contributed by atoms with van der Waals surface area (Å²) in [7, 11) is 0. The van der Waals surface area contributed by atoms with E-state index in [1.54, 1.807) is 24.3 Å². The summed E-state index contributed by atoms with van der Waals surface area (Å²) in [6, 6.07) is 24.5. The molecule has 0 atom stereocenters. The van der Waals surface area contributed by atoms with Crippen LogP contribution in [0.4, 0.5) is 10.5 Å². The minimum absolute atomic E-state index is 0.0421. The fourth-order valence-electron chi connectivity index (χ4n) is 4.36. The Morgan fingerprint density at radius 3 is 2.39 bits per heavy atom. The molecule has 0 aliphatic heterocycles.